The van der Waals surface area contributed by atoms with Crippen LogP contribution in [0.3, 0.4) is 0 Å². The normalized spacial score (nSPS) is 10.7. The van der Waals surface area contributed by atoms with Crippen LogP contribution in [0.1, 0.15) is 0 Å². The summed E-state index contributed by atoms with van der Waals surface area (Å²) in [6, 6.07) is 18.6. The maximum Gasteiger partial charge on any atom is 0.234 e. The van der Waals surface area contributed by atoms with Gasteiger partial charge in [-0.1, -0.05) is 45.4 Å². The molecule has 0 aliphatic heterocycles. The van der Waals surface area contributed by atoms with E-state index in [0.717, 1.165) is 21.4 Å². The molecule has 6 nitrogen and oxygen atoms in total. The van der Waals surface area contributed by atoms with Gasteiger partial charge in [0.1, 0.15) is 0 Å². The fourth-order valence-electron chi connectivity index (χ4n) is 2.77. The number of hydrogen-bond acceptors (Lipinski definition) is 5. The third-order valence-electron chi connectivity index (χ3n) is 4.10. The number of anilines is 1. The van der Waals surface area contributed by atoms with E-state index < -0.39 is 0 Å². The smallest absolute Gasteiger partial charge is 0.234 e. The Morgan fingerprint density at radius 2 is 1.83 bits per heavy atom. The lowest BCUT2D eigenvalue weighted by Gasteiger charge is -2.11. The molecule has 0 unspecified atom stereocenters. The minimum atomic E-state index is -0.130. The molecule has 0 saturated carbocycles. The lowest BCUT2D eigenvalue weighted by atomic mass is 10.2. The standard InChI is InChI=1S/C21H15BrClN5OS/c22-15-2-1-3-17(12-15)25-19(29)13-30-21-27-26-20(14-8-10-24-11-9-14)28(21)18-6-4-16(23)5-7-18/h1-12H,13H2,(H,25,29). The lowest BCUT2D eigenvalue weighted by Crippen LogP contribution is -2.14. The Morgan fingerprint density at radius 1 is 1.07 bits per heavy atom. The second-order valence-corrected chi connectivity index (χ2v) is 8.50. The van der Waals surface area contributed by atoms with E-state index in [1.165, 1.54) is 11.8 Å². The predicted octanol–water partition coefficient (Wildman–Crippen LogP) is 5.48. The maximum atomic E-state index is 12.4. The Morgan fingerprint density at radius 3 is 2.57 bits per heavy atom. The highest BCUT2D eigenvalue weighted by Crippen LogP contribution is 2.28. The highest BCUT2D eigenvalue weighted by molar-refractivity contribution is 9.10. The van der Waals surface area contributed by atoms with Crippen molar-refractivity contribution in [1.29, 1.82) is 0 Å². The Bertz CT molecular complexity index is 1170. The molecule has 1 amide bonds. The summed E-state index contributed by atoms with van der Waals surface area (Å²) in [5, 5.41) is 12.8. The number of pyridine rings is 1. The first-order valence-electron chi connectivity index (χ1n) is 8.90. The van der Waals surface area contributed by atoms with Gasteiger partial charge in [-0.15, -0.1) is 10.2 Å². The minimum Gasteiger partial charge on any atom is -0.325 e. The molecule has 9 heteroatoms. The third-order valence-corrected chi connectivity index (χ3v) is 5.77. The van der Waals surface area contributed by atoms with Gasteiger partial charge in [0.2, 0.25) is 5.91 Å². The van der Waals surface area contributed by atoms with Crippen LogP contribution in [0.15, 0.2) is 82.7 Å². The highest BCUT2D eigenvalue weighted by Gasteiger charge is 2.17. The van der Waals surface area contributed by atoms with E-state index in [2.05, 4.69) is 36.4 Å². The van der Waals surface area contributed by atoms with E-state index >= 15 is 0 Å². The molecule has 0 saturated heterocycles. The molecule has 0 fully saturated rings. The van der Waals surface area contributed by atoms with Crippen LogP contribution in [0.2, 0.25) is 5.02 Å². The average molecular weight is 501 g/mol. The number of nitrogens with one attached hydrogen (secondary N) is 1. The van der Waals surface area contributed by atoms with Crippen LogP contribution in [0, 0.1) is 0 Å². The highest BCUT2D eigenvalue weighted by atomic mass is 79.9. The number of carbonyl (C=O) groups is 1. The Balaban J connectivity index is 1.59. The zero-order valence-corrected chi connectivity index (χ0v) is 18.7. The molecule has 4 aromatic rings. The largest absolute Gasteiger partial charge is 0.325 e. The number of amides is 1. The van der Waals surface area contributed by atoms with Crippen molar-refractivity contribution in [2.24, 2.45) is 0 Å². The summed E-state index contributed by atoms with van der Waals surface area (Å²) in [6.45, 7) is 0. The molecule has 2 aromatic carbocycles. The van der Waals surface area contributed by atoms with Gasteiger partial charge >= 0.3 is 0 Å². The van der Waals surface area contributed by atoms with E-state index in [0.29, 0.717) is 16.0 Å². The molecule has 0 atom stereocenters. The molecule has 150 valence electrons. The van der Waals surface area contributed by atoms with Crippen molar-refractivity contribution in [3.63, 3.8) is 0 Å². The molecule has 2 heterocycles. The molecular weight excluding hydrogens is 486 g/mol. The number of thioether (sulfide) groups is 1. The van der Waals surface area contributed by atoms with Gasteiger partial charge in [-0.3, -0.25) is 14.3 Å². The van der Waals surface area contributed by atoms with E-state index in [4.69, 9.17) is 11.6 Å². The monoisotopic (exact) mass is 499 g/mol. The van der Waals surface area contributed by atoms with Crippen molar-refractivity contribution < 1.29 is 4.79 Å². The molecule has 2 aromatic heterocycles. The second-order valence-electron chi connectivity index (χ2n) is 6.20. The van der Waals surface area contributed by atoms with Crippen molar-refractivity contribution in [3.8, 4) is 17.1 Å². The van der Waals surface area contributed by atoms with Crippen LogP contribution < -0.4 is 5.32 Å². The summed E-state index contributed by atoms with van der Waals surface area (Å²) in [5.41, 5.74) is 2.45. The van der Waals surface area contributed by atoms with Gasteiger partial charge < -0.3 is 5.32 Å². The van der Waals surface area contributed by atoms with Gasteiger partial charge in [0.05, 0.1) is 5.75 Å². The molecule has 1 N–H and O–H groups in total. The summed E-state index contributed by atoms with van der Waals surface area (Å²) >= 11 is 10.8. The summed E-state index contributed by atoms with van der Waals surface area (Å²) in [6.07, 6.45) is 3.41. The Labute approximate surface area is 190 Å². The van der Waals surface area contributed by atoms with Gasteiger partial charge in [0.15, 0.2) is 11.0 Å². The SMILES string of the molecule is O=C(CSc1nnc(-c2ccncc2)n1-c1ccc(Cl)cc1)Nc1cccc(Br)c1. The van der Waals surface area contributed by atoms with E-state index in [1.807, 2.05) is 65.2 Å². The number of hydrogen-bond donors (Lipinski definition) is 1. The first-order valence-corrected chi connectivity index (χ1v) is 11.1. The summed E-state index contributed by atoms with van der Waals surface area (Å²) in [4.78, 5) is 16.5. The van der Waals surface area contributed by atoms with E-state index in [9.17, 15) is 4.79 Å². The van der Waals surface area contributed by atoms with Crippen molar-refractivity contribution in [3.05, 3.63) is 82.6 Å². The second kappa shape index (κ2) is 9.42. The zero-order chi connectivity index (χ0) is 20.9. The molecule has 0 bridgehead atoms. The van der Waals surface area contributed by atoms with E-state index in [-0.39, 0.29) is 11.7 Å². The zero-order valence-electron chi connectivity index (χ0n) is 15.5. The van der Waals surface area contributed by atoms with Crippen LogP contribution in [0.25, 0.3) is 17.1 Å². The molecule has 0 aliphatic carbocycles. The summed E-state index contributed by atoms with van der Waals surface area (Å²) in [5.74, 6) is 0.720. The van der Waals surface area contributed by atoms with Gasteiger partial charge in [0, 0.05) is 38.8 Å². The van der Waals surface area contributed by atoms with Crippen LogP contribution in [-0.2, 0) is 4.79 Å². The van der Waals surface area contributed by atoms with Crippen LogP contribution in [-0.4, -0.2) is 31.4 Å². The van der Waals surface area contributed by atoms with Crippen LogP contribution in [0.4, 0.5) is 5.69 Å². The van der Waals surface area contributed by atoms with Gasteiger partial charge in [-0.2, -0.15) is 0 Å². The molecule has 4 rings (SSSR count). The van der Waals surface area contributed by atoms with Crippen molar-refractivity contribution in [2.45, 2.75) is 5.16 Å². The average Bonchev–Trinajstić information content (AvgIpc) is 3.17. The first kappa shape index (κ1) is 20.6. The summed E-state index contributed by atoms with van der Waals surface area (Å²) < 4.78 is 2.81. The Hall–Kier alpha value is -2.68. The fourth-order valence-corrected chi connectivity index (χ4v) is 4.04. The number of halogens is 2. The predicted molar refractivity (Wildman–Crippen MR) is 123 cm³/mol. The fraction of sp³-hybridized carbons (Fsp3) is 0.0476. The molecule has 0 radical (unpaired) electrons. The quantitative estimate of drug-likeness (QED) is 0.355. The van der Waals surface area contributed by atoms with Gasteiger partial charge in [0.25, 0.3) is 0 Å². The topological polar surface area (TPSA) is 72.7 Å². The molecule has 30 heavy (non-hydrogen) atoms. The van der Waals surface area contributed by atoms with Crippen LogP contribution >= 0.6 is 39.3 Å². The van der Waals surface area contributed by atoms with Crippen molar-refractivity contribution in [2.75, 3.05) is 11.1 Å². The maximum absolute atomic E-state index is 12.4. The first-order chi connectivity index (χ1) is 14.6. The van der Waals surface area contributed by atoms with E-state index in [1.54, 1.807) is 12.4 Å². The molecule has 0 aliphatic rings. The van der Waals surface area contributed by atoms with Gasteiger partial charge in [-0.25, -0.2) is 0 Å². The number of rotatable bonds is 6. The summed E-state index contributed by atoms with van der Waals surface area (Å²) in [7, 11) is 0. The van der Waals surface area contributed by atoms with Crippen molar-refractivity contribution >= 4 is 50.9 Å². The number of aromatic nitrogens is 4. The van der Waals surface area contributed by atoms with Gasteiger partial charge in [-0.05, 0) is 54.6 Å². The minimum absolute atomic E-state index is 0.130. The number of nitrogens with zero attached hydrogens (tertiary/aromatic N) is 4. The Kier molecular flexibility index (Phi) is 6.47. The lowest BCUT2D eigenvalue weighted by molar-refractivity contribution is -0.113. The van der Waals surface area contributed by atoms with Crippen molar-refractivity contribution in [1.82, 2.24) is 19.7 Å². The van der Waals surface area contributed by atoms with Crippen LogP contribution in [0.5, 0.6) is 0 Å². The number of benzene rings is 2. The molecular formula is C21H15BrClN5OS. The third kappa shape index (κ3) is 4.89. The number of carbonyl (C=O) groups excluding carboxylic acids is 1. The molecule has 0 spiro atoms.